The first-order valence-corrected chi connectivity index (χ1v) is 8.02. The van der Waals surface area contributed by atoms with E-state index in [1.807, 2.05) is 31.3 Å². The average Bonchev–Trinajstić information content (AvgIpc) is 2.59. The summed E-state index contributed by atoms with van der Waals surface area (Å²) < 4.78 is 5.36. The van der Waals surface area contributed by atoms with Crippen LogP contribution in [0.5, 0.6) is 5.75 Å². The molecule has 0 radical (unpaired) electrons. The summed E-state index contributed by atoms with van der Waals surface area (Å²) in [4.78, 5) is 18.4. The van der Waals surface area contributed by atoms with Gasteiger partial charge in [-0.3, -0.25) is 4.98 Å². The van der Waals surface area contributed by atoms with Crippen LogP contribution >= 0.6 is 0 Å². The summed E-state index contributed by atoms with van der Waals surface area (Å²) in [7, 11) is 3.45. The number of pyridine rings is 1. The number of carbonyl (C=O) groups is 1. The summed E-state index contributed by atoms with van der Waals surface area (Å²) in [5.74, 6) is 0.744. The second kappa shape index (κ2) is 7.81. The Bertz CT molecular complexity index is 668. The molecule has 0 aliphatic heterocycles. The zero-order valence-electron chi connectivity index (χ0n) is 14.3. The topological polar surface area (TPSA) is 54.5 Å². The van der Waals surface area contributed by atoms with Gasteiger partial charge in [-0.25, -0.2) is 4.79 Å². The summed E-state index contributed by atoms with van der Waals surface area (Å²) in [6, 6.07) is 7.97. The van der Waals surface area contributed by atoms with Gasteiger partial charge >= 0.3 is 6.03 Å². The van der Waals surface area contributed by atoms with Crippen molar-refractivity contribution in [1.29, 1.82) is 0 Å². The molecule has 5 heteroatoms. The van der Waals surface area contributed by atoms with Gasteiger partial charge in [0, 0.05) is 31.2 Å². The first kappa shape index (κ1) is 17.1. The minimum Gasteiger partial charge on any atom is -0.494 e. The van der Waals surface area contributed by atoms with Crippen molar-refractivity contribution in [3.05, 3.63) is 36.0 Å². The lowest BCUT2D eigenvalue weighted by Gasteiger charge is -2.23. The molecule has 2 aromatic rings. The van der Waals surface area contributed by atoms with Gasteiger partial charge in [-0.15, -0.1) is 0 Å². The minimum atomic E-state index is -0.0495. The lowest BCUT2D eigenvalue weighted by atomic mass is 10.1. The normalized spacial score (nSPS) is 10.8. The largest absolute Gasteiger partial charge is 0.494 e. The number of benzene rings is 1. The van der Waals surface area contributed by atoms with Crippen LogP contribution in [0.1, 0.15) is 32.3 Å². The van der Waals surface area contributed by atoms with Crippen molar-refractivity contribution in [2.45, 2.75) is 39.3 Å². The summed E-state index contributed by atoms with van der Waals surface area (Å²) in [6.45, 7) is 4.69. The Morgan fingerprint density at radius 1 is 1.30 bits per heavy atom. The Morgan fingerprint density at radius 2 is 2.04 bits per heavy atom. The maximum atomic E-state index is 12.3. The van der Waals surface area contributed by atoms with Crippen molar-refractivity contribution in [3.63, 3.8) is 0 Å². The number of fused-ring (bicyclic) bond motifs is 1. The van der Waals surface area contributed by atoms with Crippen LogP contribution in [-0.2, 0) is 6.54 Å². The Labute approximate surface area is 137 Å². The molecule has 0 unspecified atom stereocenters. The third-order valence-corrected chi connectivity index (χ3v) is 4.11. The second-order valence-electron chi connectivity index (χ2n) is 5.65. The monoisotopic (exact) mass is 315 g/mol. The number of ether oxygens (including phenoxy) is 1. The molecule has 1 aromatic heterocycles. The Hall–Kier alpha value is -2.30. The predicted molar refractivity (Wildman–Crippen MR) is 92.7 cm³/mol. The number of hydrogen-bond donors (Lipinski definition) is 1. The number of urea groups is 1. The van der Waals surface area contributed by atoms with Gasteiger partial charge in [0.05, 0.1) is 7.11 Å². The van der Waals surface area contributed by atoms with Gasteiger partial charge in [-0.05, 0) is 30.5 Å². The van der Waals surface area contributed by atoms with Gasteiger partial charge in [-0.2, -0.15) is 0 Å². The highest BCUT2D eigenvalue weighted by molar-refractivity contribution is 5.87. The Balaban J connectivity index is 2.20. The number of methoxy groups -OCH3 is 1. The molecule has 1 N–H and O–H groups in total. The third-order valence-electron chi connectivity index (χ3n) is 4.11. The van der Waals surface area contributed by atoms with Crippen molar-refractivity contribution in [2.24, 2.45) is 0 Å². The molecule has 1 aromatic carbocycles. The molecule has 23 heavy (non-hydrogen) atoms. The number of rotatable bonds is 6. The van der Waals surface area contributed by atoms with Crippen molar-refractivity contribution in [2.75, 3.05) is 14.2 Å². The molecular formula is C18H25N3O2. The van der Waals surface area contributed by atoms with Gasteiger partial charge in [-0.1, -0.05) is 26.0 Å². The summed E-state index contributed by atoms with van der Waals surface area (Å²) >= 11 is 0. The molecule has 0 saturated carbocycles. The van der Waals surface area contributed by atoms with Crippen molar-refractivity contribution >= 4 is 16.9 Å². The highest BCUT2D eigenvalue weighted by atomic mass is 16.5. The maximum Gasteiger partial charge on any atom is 0.317 e. The molecule has 5 nitrogen and oxygen atoms in total. The molecule has 0 saturated heterocycles. The van der Waals surface area contributed by atoms with Crippen LogP contribution in [0.25, 0.3) is 10.9 Å². The molecule has 0 atom stereocenters. The van der Waals surface area contributed by atoms with Gasteiger partial charge < -0.3 is 15.0 Å². The minimum absolute atomic E-state index is 0.0495. The van der Waals surface area contributed by atoms with E-state index in [0.29, 0.717) is 6.54 Å². The molecule has 1 heterocycles. The van der Waals surface area contributed by atoms with Gasteiger partial charge in [0.1, 0.15) is 11.3 Å². The predicted octanol–water partition coefficient (Wildman–Crippen LogP) is 3.57. The standard InChI is InChI=1S/C18H25N3O2/c1-5-14(6-2)20-18(22)21(3)12-13-9-10-16(23-4)17-15(13)8-7-11-19-17/h7-11,14H,5-6,12H2,1-4H3,(H,20,22). The highest BCUT2D eigenvalue weighted by Crippen LogP contribution is 2.27. The molecule has 2 amide bonds. The fourth-order valence-corrected chi connectivity index (χ4v) is 2.61. The zero-order valence-corrected chi connectivity index (χ0v) is 14.3. The lowest BCUT2D eigenvalue weighted by Crippen LogP contribution is -2.42. The quantitative estimate of drug-likeness (QED) is 0.886. The van der Waals surface area contributed by atoms with Crippen LogP contribution < -0.4 is 10.1 Å². The van der Waals surface area contributed by atoms with Crippen LogP contribution in [0.15, 0.2) is 30.5 Å². The second-order valence-corrected chi connectivity index (χ2v) is 5.65. The third kappa shape index (κ3) is 3.92. The van der Waals surface area contributed by atoms with Crippen LogP contribution in [0.3, 0.4) is 0 Å². The fraction of sp³-hybridized carbons (Fsp3) is 0.444. The van der Waals surface area contributed by atoms with E-state index in [1.54, 1.807) is 18.2 Å². The maximum absolute atomic E-state index is 12.3. The fourth-order valence-electron chi connectivity index (χ4n) is 2.61. The zero-order chi connectivity index (χ0) is 16.8. The van der Waals surface area contributed by atoms with Crippen molar-refractivity contribution in [3.8, 4) is 5.75 Å². The average molecular weight is 315 g/mol. The molecule has 0 bridgehead atoms. The van der Waals surface area contributed by atoms with E-state index < -0.39 is 0 Å². The SMILES string of the molecule is CCC(CC)NC(=O)N(C)Cc1ccc(OC)c2ncccc12. The van der Waals surface area contributed by atoms with Crippen LogP contribution in [-0.4, -0.2) is 36.1 Å². The van der Waals surface area contributed by atoms with E-state index in [4.69, 9.17) is 4.74 Å². The van der Waals surface area contributed by atoms with Crippen molar-refractivity contribution < 1.29 is 9.53 Å². The molecule has 124 valence electrons. The first-order chi connectivity index (χ1) is 11.1. The number of aromatic nitrogens is 1. The van der Waals surface area contributed by atoms with Gasteiger partial charge in [0.15, 0.2) is 0 Å². The van der Waals surface area contributed by atoms with Crippen LogP contribution in [0, 0.1) is 0 Å². The molecule has 0 fully saturated rings. The van der Waals surface area contributed by atoms with Gasteiger partial charge in [0.2, 0.25) is 0 Å². The van der Waals surface area contributed by atoms with Crippen LogP contribution in [0.4, 0.5) is 4.79 Å². The highest BCUT2D eigenvalue weighted by Gasteiger charge is 2.15. The first-order valence-electron chi connectivity index (χ1n) is 8.02. The number of nitrogens with zero attached hydrogens (tertiary/aromatic N) is 2. The van der Waals surface area contributed by atoms with E-state index in [1.165, 1.54) is 0 Å². The smallest absolute Gasteiger partial charge is 0.317 e. The Morgan fingerprint density at radius 3 is 2.70 bits per heavy atom. The molecule has 0 aliphatic rings. The number of hydrogen-bond acceptors (Lipinski definition) is 3. The summed E-state index contributed by atoms with van der Waals surface area (Å²) in [5.41, 5.74) is 1.87. The van der Waals surface area contributed by atoms with Crippen molar-refractivity contribution in [1.82, 2.24) is 15.2 Å². The van der Waals surface area contributed by atoms with E-state index in [9.17, 15) is 4.79 Å². The Kier molecular flexibility index (Phi) is 5.79. The molecule has 0 spiro atoms. The van der Waals surface area contributed by atoms with E-state index >= 15 is 0 Å². The van der Waals surface area contributed by atoms with E-state index in [0.717, 1.165) is 35.1 Å². The molecule has 0 aliphatic carbocycles. The number of amides is 2. The van der Waals surface area contributed by atoms with Crippen LogP contribution in [0.2, 0.25) is 0 Å². The lowest BCUT2D eigenvalue weighted by molar-refractivity contribution is 0.202. The summed E-state index contributed by atoms with van der Waals surface area (Å²) in [5, 5.41) is 4.06. The number of carbonyl (C=O) groups excluding carboxylic acids is 1. The van der Waals surface area contributed by atoms with E-state index in [2.05, 4.69) is 24.1 Å². The molecular weight excluding hydrogens is 290 g/mol. The van der Waals surface area contributed by atoms with Gasteiger partial charge in [0.25, 0.3) is 0 Å². The molecule has 2 rings (SSSR count). The van der Waals surface area contributed by atoms with E-state index in [-0.39, 0.29) is 12.1 Å². The summed E-state index contributed by atoms with van der Waals surface area (Å²) in [6.07, 6.45) is 3.62. The number of nitrogens with one attached hydrogen (secondary N) is 1.